The minimum absolute atomic E-state index is 0.0830. The van der Waals surface area contributed by atoms with Gasteiger partial charge < -0.3 is 0 Å². The van der Waals surface area contributed by atoms with E-state index in [9.17, 15) is 114 Å². The van der Waals surface area contributed by atoms with Crippen LogP contribution in [0.4, 0.5) is 114 Å². The first kappa shape index (κ1) is 46.6. The average Bonchev–Trinajstić information content (AvgIpc) is 3.01. The van der Waals surface area contributed by atoms with Crippen molar-refractivity contribution in [2.45, 2.75) is 97.5 Å². The molecule has 28 heteroatoms. The van der Waals surface area contributed by atoms with Gasteiger partial charge in [-0.05, 0) is 11.1 Å². The van der Waals surface area contributed by atoms with Crippen molar-refractivity contribution in [1.82, 2.24) is 0 Å². The van der Waals surface area contributed by atoms with Crippen LogP contribution in [0.1, 0.15) is 12.8 Å². The summed E-state index contributed by atoms with van der Waals surface area (Å²) in [5, 5.41) is 0. The summed E-state index contributed by atoms with van der Waals surface area (Å²) in [6.07, 6.45) is -17.7. The second kappa shape index (κ2) is 13.6. The monoisotopic (exact) mass is 850 g/mol. The van der Waals surface area contributed by atoms with Crippen molar-refractivity contribution in [1.29, 1.82) is 0 Å². The summed E-state index contributed by atoms with van der Waals surface area (Å²) in [5.74, 6) is -75.8. The van der Waals surface area contributed by atoms with Gasteiger partial charge in [-0.3, -0.25) is 0 Å². The number of aromatic nitrogens is 2. The maximum atomic E-state index is 14.0. The van der Waals surface area contributed by atoms with Gasteiger partial charge in [0.2, 0.25) is 0 Å². The van der Waals surface area contributed by atoms with Crippen LogP contribution in [-0.2, 0) is 13.1 Å². The molecular weight excluding hydrogens is 834 g/mol. The van der Waals surface area contributed by atoms with Crippen LogP contribution in [0.5, 0.6) is 0 Å². The fourth-order valence-electron chi connectivity index (χ4n) is 4.05. The molecule has 0 aliphatic heterocycles. The first-order valence-electron chi connectivity index (χ1n) is 13.5. The molecule has 2 heterocycles. The number of rotatable bonds is 15. The summed E-state index contributed by atoms with van der Waals surface area (Å²) >= 11 is 0. The molecular formula is C26H16F26N2+2. The predicted molar refractivity (Wildman–Crippen MR) is 123 cm³/mol. The molecule has 2 nitrogen and oxygen atoms in total. The van der Waals surface area contributed by atoms with E-state index in [-0.39, 0.29) is 11.1 Å². The van der Waals surface area contributed by atoms with Crippen molar-refractivity contribution in [3.05, 3.63) is 49.1 Å². The van der Waals surface area contributed by atoms with E-state index in [4.69, 9.17) is 0 Å². The molecule has 0 spiro atoms. The van der Waals surface area contributed by atoms with Gasteiger partial charge in [0, 0.05) is 24.3 Å². The van der Waals surface area contributed by atoms with Crippen LogP contribution in [0.2, 0.25) is 0 Å². The van der Waals surface area contributed by atoms with E-state index in [1.54, 1.807) is 0 Å². The number of hydrogen-bond acceptors (Lipinski definition) is 0. The van der Waals surface area contributed by atoms with Crippen molar-refractivity contribution in [2.75, 3.05) is 0 Å². The fraction of sp³-hybridized carbons (Fsp3) is 0.615. The Morgan fingerprint density at radius 2 is 0.500 bits per heavy atom. The second-order valence-electron chi connectivity index (χ2n) is 11.1. The van der Waals surface area contributed by atoms with Crippen molar-refractivity contribution < 1.29 is 123 Å². The molecule has 0 fully saturated rings. The maximum absolute atomic E-state index is 14.0. The Labute approximate surface area is 281 Å². The molecule has 54 heavy (non-hydrogen) atoms. The number of pyridine rings is 2. The highest BCUT2D eigenvalue weighted by molar-refractivity contribution is 5.60. The number of halogens is 26. The van der Waals surface area contributed by atoms with Gasteiger partial charge in [0.05, 0.1) is 12.8 Å². The Hall–Kier alpha value is -3.52. The van der Waals surface area contributed by atoms with Gasteiger partial charge in [-0.1, -0.05) is 0 Å². The molecule has 0 amide bonds. The lowest BCUT2D eigenvalue weighted by molar-refractivity contribution is -0.700. The minimum atomic E-state index is -8.09. The summed E-state index contributed by atoms with van der Waals surface area (Å²) in [6.45, 7) is -3.07. The normalized spacial score (nSPS) is 15.5. The molecule has 0 saturated heterocycles. The third kappa shape index (κ3) is 7.29. The zero-order valence-electron chi connectivity index (χ0n) is 25.2. The largest absolute Gasteiger partial charge is 0.460 e. The van der Waals surface area contributed by atoms with Gasteiger partial charge >= 0.3 is 71.6 Å². The molecule has 0 aliphatic rings. The smallest absolute Gasteiger partial charge is 0.205 e. The minimum Gasteiger partial charge on any atom is -0.205 e. The summed E-state index contributed by atoms with van der Waals surface area (Å²) in [5.41, 5.74) is -0.166. The SMILES string of the molecule is FC(F)(F)C(F)(F)C(F)(F)C(F)(F)C(F)(F)C(F)(F)CC[n+]1ccc(-c2cc[n+](CCC(F)(F)C(F)(F)C(F)(F)C(F)(F)C(F)(F)C(F)(F)F)cc2)cc1. The maximum Gasteiger partial charge on any atom is 0.460 e. The first-order valence-corrected chi connectivity index (χ1v) is 13.5. The van der Waals surface area contributed by atoms with Gasteiger partial charge in [-0.15, -0.1) is 0 Å². The lowest BCUT2D eigenvalue weighted by Crippen LogP contribution is -2.70. The molecule has 0 aromatic carbocycles. The number of hydrogen-bond donors (Lipinski definition) is 0. The molecule has 310 valence electrons. The lowest BCUT2D eigenvalue weighted by atomic mass is 9.92. The van der Waals surface area contributed by atoms with Crippen molar-refractivity contribution >= 4 is 0 Å². The van der Waals surface area contributed by atoms with E-state index < -0.39 is 97.5 Å². The first-order chi connectivity index (χ1) is 23.6. The number of alkyl halides is 26. The summed E-state index contributed by atoms with van der Waals surface area (Å²) in [4.78, 5) is 0. The molecule has 0 unspecified atom stereocenters. The van der Waals surface area contributed by atoms with Crippen molar-refractivity contribution in [2.24, 2.45) is 0 Å². The summed E-state index contributed by atoms with van der Waals surface area (Å²) < 4.78 is 346. The highest BCUT2D eigenvalue weighted by Crippen LogP contribution is 2.62. The quantitative estimate of drug-likeness (QED) is 0.125. The zero-order valence-corrected chi connectivity index (χ0v) is 25.2. The Balaban J connectivity index is 2.19. The number of nitrogens with zero attached hydrogens (tertiary/aromatic N) is 2. The third-order valence-electron chi connectivity index (χ3n) is 7.48. The zero-order chi connectivity index (χ0) is 42.8. The Morgan fingerprint density at radius 1 is 0.296 bits per heavy atom. The number of aryl methyl sites for hydroxylation is 2. The molecule has 0 radical (unpaired) electrons. The van der Waals surface area contributed by atoms with E-state index in [0.29, 0.717) is 33.9 Å². The Kier molecular flexibility index (Phi) is 11.7. The fourth-order valence-corrected chi connectivity index (χ4v) is 4.05. The molecule has 0 saturated carbocycles. The van der Waals surface area contributed by atoms with E-state index in [0.717, 1.165) is 24.3 Å². The van der Waals surface area contributed by atoms with E-state index in [2.05, 4.69) is 0 Å². The van der Waals surface area contributed by atoms with Crippen molar-refractivity contribution in [3.8, 4) is 11.1 Å². The van der Waals surface area contributed by atoms with Crippen LogP contribution in [0, 0.1) is 0 Å². The molecule has 2 aromatic rings. The summed E-state index contributed by atoms with van der Waals surface area (Å²) in [7, 11) is 0. The lowest BCUT2D eigenvalue weighted by Gasteiger charge is -2.39. The highest BCUT2D eigenvalue weighted by atomic mass is 19.4. The van der Waals surface area contributed by atoms with E-state index >= 15 is 0 Å². The molecule has 0 bridgehead atoms. The standard InChI is InChI=1S/C26H16F26N2/c27-15(28,17(31,32)19(35,36)21(39,40)23(43,44)25(47,48)49)5-11-53-7-1-13(2-8-53)14-3-9-54(10-4-14)12-6-16(29,30)18(33,34)20(37,38)22(41,42)24(45,46)26(50,51)52/h1-4,7-10H,5-6,11-12H2/q+2. The topological polar surface area (TPSA) is 7.76 Å². The van der Waals surface area contributed by atoms with Crippen LogP contribution in [-0.4, -0.2) is 71.6 Å². The van der Waals surface area contributed by atoms with Gasteiger partial charge in [0.1, 0.15) is 0 Å². The molecule has 2 aromatic heterocycles. The Morgan fingerprint density at radius 3 is 0.704 bits per heavy atom. The Bertz CT molecular complexity index is 1470. The van der Waals surface area contributed by atoms with Crippen molar-refractivity contribution in [3.63, 3.8) is 0 Å². The van der Waals surface area contributed by atoms with Crippen LogP contribution >= 0.6 is 0 Å². The van der Waals surface area contributed by atoms with Crippen LogP contribution in [0.15, 0.2) is 49.1 Å². The molecule has 2 rings (SSSR count). The van der Waals surface area contributed by atoms with E-state index in [1.807, 2.05) is 0 Å². The predicted octanol–water partition coefficient (Wildman–Crippen LogP) is 10.2. The van der Waals surface area contributed by atoms with Gasteiger partial charge in [0.15, 0.2) is 37.9 Å². The molecule has 0 aliphatic carbocycles. The highest BCUT2D eigenvalue weighted by Gasteiger charge is 2.92. The van der Waals surface area contributed by atoms with Crippen LogP contribution in [0.3, 0.4) is 0 Å². The summed E-state index contributed by atoms with van der Waals surface area (Å²) in [6, 6.07) is 3.43. The van der Waals surface area contributed by atoms with Crippen LogP contribution < -0.4 is 9.13 Å². The van der Waals surface area contributed by atoms with Gasteiger partial charge in [0.25, 0.3) is 0 Å². The average molecular weight is 850 g/mol. The third-order valence-corrected chi connectivity index (χ3v) is 7.48. The molecule has 0 N–H and O–H groups in total. The van der Waals surface area contributed by atoms with E-state index in [1.165, 1.54) is 0 Å². The van der Waals surface area contributed by atoms with Gasteiger partial charge in [-0.25, -0.2) is 9.13 Å². The van der Waals surface area contributed by atoms with Gasteiger partial charge in [-0.2, -0.15) is 114 Å². The second-order valence-corrected chi connectivity index (χ2v) is 11.1. The molecule has 0 atom stereocenters. The van der Waals surface area contributed by atoms with Crippen LogP contribution in [0.25, 0.3) is 11.1 Å².